The van der Waals surface area contributed by atoms with Crippen molar-refractivity contribution in [2.75, 3.05) is 11.1 Å². The van der Waals surface area contributed by atoms with Crippen LogP contribution in [0, 0.1) is 0 Å². The Hall–Kier alpha value is -3.15. The second-order valence-electron chi connectivity index (χ2n) is 4.55. The summed E-state index contributed by atoms with van der Waals surface area (Å²) in [6.45, 7) is 0. The number of primary amides is 1. The fraction of sp³-hybridized carbons (Fsp3) is 0. The van der Waals surface area contributed by atoms with Gasteiger partial charge in [0.15, 0.2) is 0 Å². The number of nitrogens with zero attached hydrogens (tertiary/aromatic N) is 2. The molecular weight excluding hydrogens is 266 g/mol. The van der Waals surface area contributed by atoms with E-state index in [4.69, 9.17) is 11.5 Å². The van der Waals surface area contributed by atoms with Crippen molar-refractivity contribution >= 4 is 33.9 Å². The number of benzene rings is 1. The van der Waals surface area contributed by atoms with E-state index >= 15 is 0 Å². The van der Waals surface area contributed by atoms with E-state index in [1.165, 1.54) is 12.3 Å². The van der Waals surface area contributed by atoms with Crippen molar-refractivity contribution in [1.29, 1.82) is 0 Å². The van der Waals surface area contributed by atoms with Gasteiger partial charge >= 0.3 is 0 Å². The van der Waals surface area contributed by atoms with Crippen LogP contribution in [0.2, 0.25) is 0 Å². The molecule has 0 atom stereocenters. The Labute approximate surface area is 120 Å². The van der Waals surface area contributed by atoms with Gasteiger partial charge in [0.05, 0.1) is 17.4 Å². The van der Waals surface area contributed by atoms with E-state index in [9.17, 15) is 4.79 Å². The van der Waals surface area contributed by atoms with Gasteiger partial charge in [0.2, 0.25) is 0 Å². The van der Waals surface area contributed by atoms with Crippen LogP contribution in [-0.4, -0.2) is 15.9 Å². The number of anilines is 3. The molecule has 0 radical (unpaired) electrons. The Kier molecular flexibility index (Phi) is 3.12. The number of rotatable bonds is 3. The number of hydrogen-bond acceptors (Lipinski definition) is 5. The SMILES string of the molecule is NC(=O)c1cc(Nc2cccc3cnccc23)ncc1N. The maximum Gasteiger partial charge on any atom is 0.250 e. The van der Waals surface area contributed by atoms with Crippen molar-refractivity contribution in [3.05, 3.63) is 54.5 Å². The van der Waals surface area contributed by atoms with Gasteiger partial charge in [0, 0.05) is 28.9 Å². The zero-order valence-corrected chi connectivity index (χ0v) is 11.1. The number of nitrogen functional groups attached to an aromatic ring is 1. The molecule has 0 fully saturated rings. The molecular formula is C15H13N5O. The highest BCUT2D eigenvalue weighted by atomic mass is 16.1. The third-order valence-electron chi connectivity index (χ3n) is 3.14. The molecule has 0 unspecified atom stereocenters. The van der Waals surface area contributed by atoms with Gasteiger partial charge in [-0.1, -0.05) is 12.1 Å². The molecule has 0 saturated heterocycles. The van der Waals surface area contributed by atoms with Gasteiger partial charge in [-0.3, -0.25) is 9.78 Å². The number of aromatic nitrogens is 2. The van der Waals surface area contributed by atoms with Crippen molar-refractivity contribution in [3.63, 3.8) is 0 Å². The van der Waals surface area contributed by atoms with Crippen LogP contribution in [0.5, 0.6) is 0 Å². The summed E-state index contributed by atoms with van der Waals surface area (Å²) >= 11 is 0. The maximum atomic E-state index is 11.3. The minimum Gasteiger partial charge on any atom is -0.397 e. The zero-order valence-electron chi connectivity index (χ0n) is 11.1. The number of nitrogens with two attached hydrogens (primary N) is 2. The van der Waals surface area contributed by atoms with Crippen LogP contribution in [0.15, 0.2) is 48.9 Å². The predicted octanol–water partition coefficient (Wildman–Crippen LogP) is 2.05. The molecule has 1 aromatic carbocycles. The average Bonchev–Trinajstić information content (AvgIpc) is 2.49. The van der Waals surface area contributed by atoms with Gasteiger partial charge in [0.25, 0.3) is 5.91 Å². The van der Waals surface area contributed by atoms with E-state index in [2.05, 4.69) is 15.3 Å². The molecule has 2 aromatic heterocycles. The number of fused-ring (bicyclic) bond motifs is 1. The summed E-state index contributed by atoms with van der Waals surface area (Å²) in [5, 5.41) is 5.18. The fourth-order valence-electron chi connectivity index (χ4n) is 2.12. The summed E-state index contributed by atoms with van der Waals surface area (Å²) in [5.74, 6) is -0.0811. The Morgan fingerprint density at radius 2 is 2.05 bits per heavy atom. The first-order valence-electron chi connectivity index (χ1n) is 6.30. The van der Waals surface area contributed by atoms with Crippen molar-refractivity contribution in [2.24, 2.45) is 5.73 Å². The fourth-order valence-corrected chi connectivity index (χ4v) is 2.12. The first-order chi connectivity index (χ1) is 10.1. The summed E-state index contributed by atoms with van der Waals surface area (Å²) in [5.41, 5.74) is 12.3. The molecule has 0 saturated carbocycles. The van der Waals surface area contributed by atoms with Crippen molar-refractivity contribution in [1.82, 2.24) is 9.97 Å². The molecule has 0 aliphatic rings. The van der Waals surface area contributed by atoms with E-state index in [-0.39, 0.29) is 11.3 Å². The molecule has 0 aliphatic carbocycles. The summed E-state index contributed by atoms with van der Waals surface area (Å²) < 4.78 is 0. The van der Waals surface area contributed by atoms with E-state index in [0.717, 1.165) is 16.5 Å². The lowest BCUT2D eigenvalue weighted by molar-refractivity contribution is 0.100. The van der Waals surface area contributed by atoms with Gasteiger partial charge in [-0.15, -0.1) is 0 Å². The van der Waals surface area contributed by atoms with Crippen LogP contribution in [-0.2, 0) is 0 Å². The van der Waals surface area contributed by atoms with Crippen LogP contribution in [0.25, 0.3) is 10.8 Å². The Morgan fingerprint density at radius 1 is 1.19 bits per heavy atom. The highest BCUT2D eigenvalue weighted by Crippen LogP contribution is 2.25. The van der Waals surface area contributed by atoms with Crippen molar-refractivity contribution < 1.29 is 4.79 Å². The van der Waals surface area contributed by atoms with Gasteiger partial charge in [-0.25, -0.2) is 4.98 Å². The highest BCUT2D eigenvalue weighted by Gasteiger charge is 2.09. The first-order valence-corrected chi connectivity index (χ1v) is 6.30. The van der Waals surface area contributed by atoms with Gasteiger partial charge < -0.3 is 16.8 Å². The standard InChI is InChI=1S/C15H13N5O/c16-12-8-19-14(6-11(12)15(17)21)20-13-3-1-2-9-7-18-5-4-10(9)13/h1-8H,16H2,(H2,17,21)(H,19,20). The number of carbonyl (C=O) groups is 1. The second kappa shape index (κ2) is 5.09. The maximum absolute atomic E-state index is 11.3. The largest absolute Gasteiger partial charge is 0.397 e. The number of pyridine rings is 2. The monoisotopic (exact) mass is 279 g/mol. The number of amides is 1. The van der Waals surface area contributed by atoms with Crippen molar-refractivity contribution in [2.45, 2.75) is 0 Å². The van der Waals surface area contributed by atoms with E-state index in [0.29, 0.717) is 5.82 Å². The molecule has 3 rings (SSSR count). The lowest BCUT2D eigenvalue weighted by atomic mass is 10.1. The molecule has 6 nitrogen and oxygen atoms in total. The van der Waals surface area contributed by atoms with E-state index < -0.39 is 5.91 Å². The molecule has 2 heterocycles. The summed E-state index contributed by atoms with van der Waals surface area (Å²) in [7, 11) is 0. The second-order valence-corrected chi connectivity index (χ2v) is 4.55. The lowest BCUT2D eigenvalue weighted by Crippen LogP contribution is -2.14. The molecule has 3 aromatic rings. The molecule has 5 N–H and O–H groups in total. The van der Waals surface area contributed by atoms with Crippen molar-refractivity contribution in [3.8, 4) is 0 Å². The van der Waals surface area contributed by atoms with Crippen LogP contribution in [0.1, 0.15) is 10.4 Å². The summed E-state index contributed by atoms with van der Waals surface area (Å²) in [6, 6.07) is 9.25. The molecule has 21 heavy (non-hydrogen) atoms. The Bertz CT molecular complexity index is 826. The third-order valence-corrected chi connectivity index (χ3v) is 3.14. The lowest BCUT2D eigenvalue weighted by Gasteiger charge is -2.10. The number of nitrogens with one attached hydrogen (secondary N) is 1. The molecule has 0 bridgehead atoms. The zero-order chi connectivity index (χ0) is 14.8. The van der Waals surface area contributed by atoms with Crippen LogP contribution < -0.4 is 16.8 Å². The molecule has 6 heteroatoms. The topological polar surface area (TPSA) is 107 Å². The molecule has 0 aliphatic heterocycles. The number of carbonyl (C=O) groups excluding carboxylic acids is 1. The summed E-state index contributed by atoms with van der Waals surface area (Å²) in [4.78, 5) is 19.6. The minimum atomic E-state index is -0.583. The number of hydrogen-bond donors (Lipinski definition) is 3. The third kappa shape index (κ3) is 2.46. The Balaban J connectivity index is 2.03. The summed E-state index contributed by atoms with van der Waals surface area (Å²) in [6.07, 6.45) is 4.92. The highest BCUT2D eigenvalue weighted by molar-refractivity contribution is 5.99. The predicted molar refractivity (Wildman–Crippen MR) is 82.2 cm³/mol. The van der Waals surface area contributed by atoms with Gasteiger partial charge in [-0.2, -0.15) is 0 Å². The molecule has 1 amide bonds. The first kappa shape index (κ1) is 12.9. The normalized spacial score (nSPS) is 10.5. The van der Waals surface area contributed by atoms with E-state index in [1.54, 1.807) is 12.4 Å². The smallest absolute Gasteiger partial charge is 0.250 e. The van der Waals surface area contributed by atoms with Crippen LogP contribution >= 0.6 is 0 Å². The quantitative estimate of drug-likeness (QED) is 0.680. The molecule has 104 valence electrons. The molecule has 0 spiro atoms. The average molecular weight is 279 g/mol. The van der Waals surface area contributed by atoms with Gasteiger partial charge in [-0.05, 0) is 18.2 Å². The van der Waals surface area contributed by atoms with E-state index in [1.807, 2.05) is 24.3 Å². The Morgan fingerprint density at radius 3 is 2.86 bits per heavy atom. The van der Waals surface area contributed by atoms with Crippen LogP contribution in [0.4, 0.5) is 17.2 Å². The van der Waals surface area contributed by atoms with Gasteiger partial charge in [0.1, 0.15) is 5.82 Å². The minimum absolute atomic E-state index is 0.245. The van der Waals surface area contributed by atoms with Crippen LogP contribution in [0.3, 0.4) is 0 Å².